The lowest BCUT2D eigenvalue weighted by Gasteiger charge is -2.09. The van der Waals surface area contributed by atoms with Crippen LogP contribution < -0.4 is 21.3 Å². The molecule has 2 N–H and O–H groups in total. The van der Waals surface area contributed by atoms with Crippen LogP contribution in [0.3, 0.4) is 0 Å². The van der Waals surface area contributed by atoms with E-state index in [4.69, 9.17) is 4.74 Å². The molecule has 1 heterocycles. The number of nitrogens with zero attached hydrogens (tertiary/aromatic N) is 1. The molecule has 1 aromatic heterocycles. The van der Waals surface area contributed by atoms with Crippen LogP contribution >= 0.6 is 0 Å². The zero-order chi connectivity index (χ0) is 19.4. The zero-order valence-electron chi connectivity index (χ0n) is 14.4. The number of hydrogen-bond acceptors (Lipinski definition) is 4. The molecule has 7 nitrogen and oxygen atoms in total. The Morgan fingerprint density at radius 1 is 1.19 bits per heavy atom. The van der Waals surface area contributed by atoms with Crippen molar-refractivity contribution < 1.29 is 13.9 Å². The number of carbonyl (C=O) groups is 1. The minimum absolute atomic E-state index is 0.193. The summed E-state index contributed by atoms with van der Waals surface area (Å²) in [5.74, 6) is -0.701. The summed E-state index contributed by atoms with van der Waals surface area (Å²) in [6.07, 6.45) is 1.03. The number of nitrogens with one attached hydrogen (secondary N) is 2. The second kappa shape index (κ2) is 7.69. The van der Waals surface area contributed by atoms with Crippen LogP contribution in [0.25, 0.3) is 5.69 Å². The SMILES string of the molecule is CCOc1ccc(-n2c(=O)[nH]cc(C(=O)Nc3cccc(F)c3)c2=O)cc1. The number of aromatic amines is 1. The Kier molecular flexibility index (Phi) is 5.16. The molecule has 0 unspecified atom stereocenters. The van der Waals surface area contributed by atoms with Crippen LogP contribution in [0.5, 0.6) is 5.75 Å². The number of H-pyrrole nitrogens is 1. The van der Waals surface area contributed by atoms with Gasteiger partial charge in [-0.15, -0.1) is 0 Å². The van der Waals surface area contributed by atoms with Gasteiger partial charge in [0.05, 0.1) is 12.3 Å². The lowest BCUT2D eigenvalue weighted by atomic mass is 10.2. The Morgan fingerprint density at radius 3 is 2.59 bits per heavy atom. The number of hydrogen-bond donors (Lipinski definition) is 2. The van der Waals surface area contributed by atoms with Gasteiger partial charge in [-0.05, 0) is 49.4 Å². The van der Waals surface area contributed by atoms with Gasteiger partial charge in [0.1, 0.15) is 17.1 Å². The summed E-state index contributed by atoms with van der Waals surface area (Å²) in [4.78, 5) is 39.6. The van der Waals surface area contributed by atoms with Gasteiger partial charge >= 0.3 is 5.69 Å². The fourth-order valence-electron chi connectivity index (χ4n) is 2.49. The summed E-state index contributed by atoms with van der Waals surface area (Å²) in [6.45, 7) is 2.32. The number of aromatic nitrogens is 2. The highest BCUT2D eigenvalue weighted by Crippen LogP contribution is 2.14. The van der Waals surface area contributed by atoms with Crippen molar-refractivity contribution in [1.82, 2.24) is 9.55 Å². The highest BCUT2D eigenvalue weighted by molar-refractivity contribution is 6.03. The molecule has 0 aliphatic rings. The van der Waals surface area contributed by atoms with Crippen LogP contribution in [0.4, 0.5) is 10.1 Å². The van der Waals surface area contributed by atoms with Crippen LogP contribution in [0, 0.1) is 5.82 Å². The van der Waals surface area contributed by atoms with Gasteiger partial charge in [0.25, 0.3) is 11.5 Å². The first-order chi connectivity index (χ1) is 13.0. The average Bonchev–Trinajstić information content (AvgIpc) is 2.63. The van der Waals surface area contributed by atoms with E-state index in [2.05, 4.69) is 10.3 Å². The van der Waals surface area contributed by atoms with Crippen molar-refractivity contribution in [2.45, 2.75) is 6.92 Å². The van der Waals surface area contributed by atoms with Gasteiger partial charge in [0, 0.05) is 11.9 Å². The number of carbonyl (C=O) groups excluding carboxylic acids is 1. The number of ether oxygens (including phenoxy) is 1. The first-order valence-corrected chi connectivity index (χ1v) is 8.14. The maximum Gasteiger partial charge on any atom is 0.333 e. The summed E-state index contributed by atoms with van der Waals surface area (Å²) >= 11 is 0. The number of anilines is 1. The largest absolute Gasteiger partial charge is 0.494 e. The first kappa shape index (κ1) is 18.1. The maximum atomic E-state index is 13.3. The molecule has 3 rings (SSSR count). The van der Waals surface area contributed by atoms with Gasteiger partial charge in [-0.2, -0.15) is 0 Å². The Morgan fingerprint density at radius 2 is 1.93 bits per heavy atom. The van der Waals surface area contributed by atoms with Gasteiger partial charge < -0.3 is 15.0 Å². The lowest BCUT2D eigenvalue weighted by molar-refractivity contribution is 0.102. The molecule has 138 valence electrons. The molecule has 0 aliphatic carbocycles. The second-order valence-corrected chi connectivity index (χ2v) is 5.54. The number of amides is 1. The van der Waals surface area contributed by atoms with Crippen molar-refractivity contribution in [2.75, 3.05) is 11.9 Å². The normalized spacial score (nSPS) is 10.4. The van der Waals surface area contributed by atoms with E-state index in [0.29, 0.717) is 12.4 Å². The van der Waals surface area contributed by atoms with Crippen molar-refractivity contribution in [2.24, 2.45) is 0 Å². The molecular formula is C19H16FN3O4. The molecule has 0 bridgehead atoms. The standard InChI is InChI=1S/C19H16FN3O4/c1-2-27-15-8-6-14(7-9-15)23-18(25)16(11-21-19(23)26)17(24)22-13-5-3-4-12(20)10-13/h3-11H,2H2,1H3,(H,21,26)(H,22,24). The number of rotatable bonds is 5. The monoisotopic (exact) mass is 369 g/mol. The van der Waals surface area contributed by atoms with E-state index in [1.165, 1.54) is 30.3 Å². The Labute approximate surface area is 153 Å². The third-order valence-electron chi connectivity index (χ3n) is 3.71. The van der Waals surface area contributed by atoms with Gasteiger partial charge in [0.15, 0.2) is 0 Å². The van der Waals surface area contributed by atoms with E-state index in [1.54, 1.807) is 12.1 Å². The number of benzene rings is 2. The quantitative estimate of drug-likeness (QED) is 0.722. The van der Waals surface area contributed by atoms with Gasteiger partial charge in [-0.25, -0.2) is 13.8 Å². The summed E-state index contributed by atoms with van der Waals surface area (Å²) < 4.78 is 19.4. The Balaban J connectivity index is 1.97. The van der Waals surface area contributed by atoms with Crippen molar-refractivity contribution in [3.8, 4) is 11.4 Å². The van der Waals surface area contributed by atoms with Crippen molar-refractivity contribution >= 4 is 11.6 Å². The third kappa shape index (κ3) is 3.95. The second-order valence-electron chi connectivity index (χ2n) is 5.54. The van der Waals surface area contributed by atoms with E-state index in [1.807, 2.05) is 6.92 Å². The fourth-order valence-corrected chi connectivity index (χ4v) is 2.49. The van der Waals surface area contributed by atoms with Crippen molar-refractivity contribution in [3.05, 3.63) is 86.9 Å². The Hall–Kier alpha value is -3.68. The topological polar surface area (TPSA) is 93.2 Å². The Bertz CT molecular complexity index is 1090. The molecule has 0 aliphatic heterocycles. The first-order valence-electron chi connectivity index (χ1n) is 8.14. The molecule has 0 radical (unpaired) electrons. The zero-order valence-corrected chi connectivity index (χ0v) is 14.4. The van der Waals surface area contributed by atoms with E-state index in [0.717, 1.165) is 16.8 Å². The molecule has 27 heavy (non-hydrogen) atoms. The van der Waals surface area contributed by atoms with E-state index in [9.17, 15) is 18.8 Å². The predicted octanol–water partition coefficient (Wildman–Crippen LogP) is 2.32. The minimum atomic E-state index is -0.795. The van der Waals surface area contributed by atoms with E-state index in [-0.39, 0.29) is 16.9 Å². The molecule has 3 aromatic rings. The van der Waals surface area contributed by atoms with Crippen molar-refractivity contribution in [3.63, 3.8) is 0 Å². The molecule has 0 atom stereocenters. The van der Waals surface area contributed by atoms with Crippen LogP contribution in [-0.2, 0) is 0 Å². The van der Waals surface area contributed by atoms with E-state index >= 15 is 0 Å². The summed E-state index contributed by atoms with van der Waals surface area (Å²) in [5.41, 5.74) is -1.29. The molecule has 8 heteroatoms. The molecule has 0 saturated carbocycles. The van der Waals surface area contributed by atoms with Crippen LogP contribution in [-0.4, -0.2) is 22.1 Å². The summed E-state index contributed by atoms with van der Waals surface area (Å²) in [7, 11) is 0. The minimum Gasteiger partial charge on any atom is -0.494 e. The molecule has 1 amide bonds. The smallest absolute Gasteiger partial charge is 0.333 e. The fraction of sp³-hybridized carbons (Fsp3) is 0.105. The lowest BCUT2D eigenvalue weighted by Crippen LogP contribution is -2.38. The summed E-state index contributed by atoms with van der Waals surface area (Å²) in [5, 5.41) is 2.43. The van der Waals surface area contributed by atoms with Gasteiger partial charge in [-0.1, -0.05) is 6.07 Å². The number of halogens is 1. The predicted molar refractivity (Wildman–Crippen MR) is 98.2 cm³/mol. The molecule has 0 fully saturated rings. The highest BCUT2D eigenvalue weighted by Gasteiger charge is 2.16. The molecule has 0 spiro atoms. The van der Waals surface area contributed by atoms with Crippen molar-refractivity contribution in [1.29, 1.82) is 0 Å². The van der Waals surface area contributed by atoms with Crippen LogP contribution in [0.2, 0.25) is 0 Å². The van der Waals surface area contributed by atoms with Crippen LogP contribution in [0.15, 0.2) is 64.3 Å². The average molecular weight is 369 g/mol. The van der Waals surface area contributed by atoms with Gasteiger partial charge in [0.2, 0.25) is 0 Å². The molecule has 0 saturated heterocycles. The molecule has 2 aromatic carbocycles. The maximum absolute atomic E-state index is 13.3. The van der Waals surface area contributed by atoms with E-state index < -0.39 is 23.0 Å². The highest BCUT2D eigenvalue weighted by atomic mass is 19.1. The van der Waals surface area contributed by atoms with Crippen LogP contribution in [0.1, 0.15) is 17.3 Å². The third-order valence-corrected chi connectivity index (χ3v) is 3.71. The molecular weight excluding hydrogens is 353 g/mol. The van der Waals surface area contributed by atoms with Gasteiger partial charge in [-0.3, -0.25) is 9.59 Å². The summed E-state index contributed by atoms with van der Waals surface area (Å²) in [6, 6.07) is 11.6.